The number of hydrogen-bond acceptors (Lipinski definition) is 16. The molecule has 0 aromatic heterocycles. The van der Waals surface area contributed by atoms with Crippen LogP contribution in [-0.2, 0) is 24.6 Å². The number of nitrogens with zero attached hydrogens (tertiary/aromatic N) is 2. The van der Waals surface area contributed by atoms with Gasteiger partial charge in [0.15, 0.2) is 0 Å². The van der Waals surface area contributed by atoms with Gasteiger partial charge in [0.2, 0.25) is 0 Å². The van der Waals surface area contributed by atoms with Gasteiger partial charge in [-0.2, -0.15) is 0 Å². The first-order chi connectivity index (χ1) is 19.0. The van der Waals surface area contributed by atoms with Crippen LogP contribution in [0.5, 0.6) is 0 Å². The third-order valence-electron chi connectivity index (χ3n) is 5.42. The molecule has 232 valence electrons. The number of nitrogens with two attached hydrogens (primary N) is 1. The van der Waals surface area contributed by atoms with Crippen molar-refractivity contribution in [2.24, 2.45) is 11.7 Å². The average Bonchev–Trinajstić information content (AvgIpc) is 2.90. The number of carbonyl (C=O) groups is 1. The monoisotopic (exact) mass is 654 g/mol. The van der Waals surface area contributed by atoms with Gasteiger partial charge in [0.1, 0.15) is 26.9 Å². The van der Waals surface area contributed by atoms with E-state index in [9.17, 15) is 4.79 Å². The summed E-state index contributed by atoms with van der Waals surface area (Å²) in [6.45, 7) is 0.171. The topological polar surface area (TPSA) is 260 Å². The zero-order valence-corrected chi connectivity index (χ0v) is 25.1. The van der Waals surface area contributed by atoms with Gasteiger partial charge in [-0.3, -0.25) is 32.7 Å². The highest BCUT2D eigenvalue weighted by molar-refractivity contribution is 7.40. The third-order valence-corrected chi connectivity index (χ3v) is 6.81. The van der Waals surface area contributed by atoms with Gasteiger partial charge >= 0.3 is 34.4 Å². The Balaban J connectivity index is 2.82. The summed E-state index contributed by atoms with van der Waals surface area (Å²) < 4.78 is 19.3. The van der Waals surface area contributed by atoms with Crippen LogP contribution in [0, 0.1) is 5.92 Å². The second kappa shape index (κ2) is 22.4. The Hall–Kier alpha value is -0.190. The molecule has 1 rings (SSSR count). The molecule has 17 nitrogen and oxygen atoms in total. The minimum atomic E-state index is -2.65. The molecule has 0 heterocycles. The molecule has 0 saturated carbocycles. The third kappa shape index (κ3) is 19.1. The summed E-state index contributed by atoms with van der Waals surface area (Å²) in [5, 5.41) is 2.85. The van der Waals surface area contributed by atoms with E-state index in [0.29, 0.717) is 37.9 Å². The van der Waals surface area contributed by atoms with Crippen LogP contribution >= 0.6 is 34.4 Å². The normalized spacial score (nSPS) is 12.3. The lowest BCUT2D eigenvalue weighted by Gasteiger charge is -2.27. The molecular formula is C19H38N4O13P4. The Morgan fingerprint density at radius 3 is 1.48 bits per heavy atom. The van der Waals surface area contributed by atoms with E-state index < -0.39 is 34.4 Å². The SMILES string of the molecule is NCc1ccc(C(=O)NCCC(CCN(COP(O)O)COP(O)O)CCN(COP(O)O)COP(O)O)cc1. The molecule has 21 heteroatoms. The first-order valence-electron chi connectivity index (χ1n) is 11.7. The lowest BCUT2D eigenvalue weighted by Crippen LogP contribution is -2.33. The van der Waals surface area contributed by atoms with Crippen LogP contribution in [0.15, 0.2) is 24.3 Å². The molecule has 0 aliphatic rings. The Morgan fingerprint density at radius 2 is 1.12 bits per heavy atom. The summed E-state index contributed by atoms with van der Waals surface area (Å²) in [5.74, 6) is -0.361. The minimum Gasteiger partial charge on any atom is -0.352 e. The lowest BCUT2D eigenvalue weighted by atomic mass is 9.96. The Labute approximate surface area is 237 Å². The summed E-state index contributed by atoms with van der Waals surface area (Å²) in [6.07, 6.45) is 1.43. The summed E-state index contributed by atoms with van der Waals surface area (Å²) in [4.78, 5) is 88.0. The van der Waals surface area contributed by atoms with Gasteiger partial charge in [-0.25, -0.2) is 0 Å². The van der Waals surface area contributed by atoms with E-state index in [1.807, 2.05) is 0 Å². The zero-order valence-electron chi connectivity index (χ0n) is 21.5. The van der Waals surface area contributed by atoms with Gasteiger partial charge in [0.05, 0.1) is 0 Å². The maximum atomic E-state index is 12.5. The van der Waals surface area contributed by atoms with Gasteiger partial charge in [-0.1, -0.05) is 12.1 Å². The summed E-state index contributed by atoms with van der Waals surface area (Å²) in [7, 11) is -10.6. The van der Waals surface area contributed by atoms with Crippen molar-refractivity contribution in [1.82, 2.24) is 15.1 Å². The second-order valence-corrected chi connectivity index (χ2v) is 11.3. The molecule has 0 bridgehead atoms. The Morgan fingerprint density at radius 1 is 0.725 bits per heavy atom. The molecule has 1 aromatic rings. The number of nitrogens with one attached hydrogen (secondary N) is 1. The van der Waals surface area contributed by atoms with Crippen molar-refractivity contribution in [3.05, 3.63) is 35.4 Å². The molecule has 1 amide bonds. The average molecular weight is 654 g/mol. The lowest BCUT2D eigenvalue weighted by molar-refractivity contribution is 0.0300. The van der Waals surface area contributed by atoms with Crippen LogP contribution < -0.4 is 11.1 Å². The first-order valence-corrected chi connectivity index (χ1v) is 16.4. The van der Waals surface area contributed by atoms with Crippen molar-refractivity contribution in [2.75, 3.05) is 46.6 Å². The number of carbonyl (C=O) groups excluding carboxylic acids is 1. The maximum absolute atomic E-state index is 12.5. The fourth-order valence-corrected chi connectivity index (χ4v) is 4.38. The van der Waals surface area contributed by atoms with Crippen LogP contribution in [0.4, 0.5) is 0 Å². The Bertz CT molecular complexity index is 746. The standard InChI is InChI=1S/C19H38N4O13P4/c20-11-17-1-3-18(4-2-17)19(24)21-8-5-16(6-9-22(12-33-37(25)26)13-34-38(27)28)7-10-23(14-35-39(29)30)15-36-40(31)32/h1-4,16,25-32H,5-15,20H2,(H,21,24). The number of rotatable bonds is 23. The molecule has 0 saturated heterocycles. The highest BCUT2D eigenvalue weighted by Crippen LogP contribution is 2.29. The van der Waals surface area contributed by atoms with Crippen LogP contribution in [0.1, 0.15) is 35.2 Å². The van der Waals surface area contributed by atoms with Crippen molar-refractivity contribution >= 4 is 40.3 Å². The quantitative estimate of drug-likeness (QED) is 0.0550. The van der Waals surface area contributed by atoms with E-state index in [1.165, 1.54) is 9.80 Å². The fourth-order valence-electron chi connectivity index (χ4n) is 3.31. The van der Waals surface area contributed by atoms with Crippen molar-refractivity contribution in [3.8, 4) is 0 Å². The molecule has 0 aliphatic carbocycles. The smallest absolute Gasteiger partial charge is 0.328 e. The maximum Gasteiger partial charge on any atom is 0.328 e. The molecule has 0 fully saturated rings. The van der Waals surface area contributed by atoms with Gasteiger partial charge in [0, 0.05) is 31.7 Å². The highest BCUT2D eigenvalue weighted by Gasteiger charge is 2.18. The summed E-state index contributed by atoms with van der Waals surface area (Å²) in [6, 6.07) is 6.88. The summed E-state index contributed by atoms with van der Waals surface area (Å²) in [5.41, 5.74) is 6.95. The molecule has 11 N–H and O–H groups in total. The molecule has 0 radical (unpaired) electrons. The van der Waals surface area contributed by atoms with Crippen molar-refractivity contribution < 1.29 is 62.0 Å². The Kier molecular flexibility index (Phi) is 21.2. The summed E-state index contributed by atoms with van der Waals surface area (Å²) >= 11 is 0. The van der Waals surface area contributed by atoms with Crippen molar-refractivity contribution in [1.29, 1.82) is 0 Å². The highest BCUT2D eigenvalue weighted by atomic mass is 31.2. The molecule has 1 aromatic carbocycles. The van der Waals surface area contributed by atoms with E-state index in [-0.39, 0.29) is 51.8 Å². The van der Waals surface area contributed by atoms with Gasteiger partial charge in [-0.15, -0.1) is 0 Å². The van der Waals surface area contributed by atoms with Gasteiger partial charge in [0.25, 0.3) is 5.91 Å². The van der Waals surface area contributed by atoms with Gasteiger partial charge < -0.3 is 50.2 Å². The van der Waals surface area contributed by atoms with E-state index in [4.69, 9.17) is 63.0 Å². The van der Waals surface area contributed by atoms with E-state index >= 15 is 0 Å². The molecule has 0 aliphatic heterocycles. The van der Waals surface area contributed by atoms with Crippen LogP contribution in [0.2, 0.25) is 0 Å². The molecule has 0 spiro atoms. The molecular weight excluding hydrogens is 616 g/mol. The van der Waals surface area contributed by atoms with Crippen molar-refractivity contribution in [3.63, 3.8) is 0 Å². The van der Waals surface area contributed by atoms with Gasteiger partial charge in [-0.05, 0) is 42.9 Å². The van der Waals surface area contributed by atoms with Crippen LogP contribution in [0.25, 0.3) is 0 Å². The molecule has 0 atom stereocenters. The molecule has 40 heavy (non-hydrogen) atoms. The predicted octanol–water partition coefficient (Wildman–Crippen LogP) is 0.00800. The zero-order chi connectivity index (χ0) is 29.9. The van der Waals surface area contributed by atoms with Crippen LogP contribution in [-0.4, -0.2) is 101 Å². The van der Waals surface area contributed by atoms with E-state index in [2.05, 4.69) is 5.32 Å². The first kappa shape index (κ1) is 37.8. The van der Waals surface area contributed by atoms with Crippen molar-refractivity contribution in [2.45, 2.75) is 25.8 Å². The number of benzene rings is 1. The number of amides is 1. The number of hydrogen-bond donors (Lipinski definition) is 10. The predicted molar refractivity (Wildman–Crippen MR) is 147 cm³/mol. The fraction of sp³-hybridized carbons (Fsp3) is 0.632. The largest absolute Gasteiger partial charge is 0.352 e. The van der Waals surface area contributed by atoms with E-state index in [0.717, 1.165) is 5.56 Å². The molecule has 0 unspecified atom stereocenters. The van der Waals surface area contributed by atoms with Crippen LogP contribution in [0.3, 0.4) is 0 Å². The van der Waals surface area contributed by atoms with E-state index in [1.54, 1.807) is 24.3 Å². The minimum absolute atomic E-state index is 0.0889. The second-order valence-electron chi connectivity index (χ2n) is 8.22.